The van der Waals surface area contributed by atoms with Crippen LogP contribution in [0.3, 0.4) is 0 Å². The van der Waals surface area contributed by atoms with Gasteiger partial charge in [0.15, 0.2) is 0 Å². The molecule has 78 valence electrons. The largest absolute Gasteiger partial charge is 0.388 e. The number of hydrogen-bond acceptors (Lipinski definition) is 1. The SMILES string of the molecule is Cc1ccc(C(O)CC(C)C)c(Cl)c1. The number of hydrogen-bond donors (Lipinski definition) is 1. The lowest BCUT2D eigenvalue weighted by molar-refractivity contribution is 0.151. The van der Waals surface area contributed by atoms with Crippen LogP contribution in [0.15, 0.2) is 18.2 Å². The highest BCUT2D eigenvalue weighted by atomic mass is 35.5. The second-order valence-corrected chi connectivity index (χ2v) is 4.58. The summed E-state index contributed by atoms with van der Waals surface area (Å²) < 4.78 is 0. The molecule has 0 amide bonds. The van der Waals surface area contributed by atoms with Crippen molar-refractivity contribution in [2.75, 3.05) is 0 Å². The van der Waals surface area contributed by atoms with Crippen LogP contribution in [0.5, 0.6) is 0 Å². The van der Waals surface area contributed by atoms with Crippen LogP contribution in [-0.2, 0) is 0 Å². The van der Waals surface area contributed by atoms with Crippen LogP contribution in [-0.4, -0.2) is 5.11 Å². The number of rotatable bonds is 3. The van der Waals surface area contributed by atoms with Crippen LogP contribution >= 0.6 is 11.6 Å². The Morgan fingerprint density at radius 2 is 2.00 bits per heavy atom. The van der Waals surface area contributed by atoms with Gasteiger partial charge in [0, 0.05) is 5.02 Å². The van der Waals surface area contributed by atoms with Crippen molar-refractivity contribution < 1.29 is 5.11 Å². The van der Waals surface area contributed by atoms with E-state index in [9.17, 15) is 5.11 Å². The second-order valence-electron chi connectivity index (χ2n) is 4.17. The normalized spacial score (nSPS) is 13.3. The van der Waals surface area contributed by atoms with Gasteiger partial charge in [0.05, 0.1) is 6.10 Å². The Bertz CT molecular complexity index is 307. The summed E-state index contributed by atoms with van der Waals surface area (Å²) in [5, 5.41) is 10.5. The maximum absolute atomic E-state index is 9.88. The summed E-state index contributed by atoms with van der Waals surface area (Å²) in [5.41, 5.74) is 1.96. The van der Waals surface area contributed by atoms with E-state index < -0.39 is 6.10 Å². The van der Waals surface area contributed by atoms with Gasteiger partial charge in [-0.05, 0) is 36.5 Å². The quantitative estimate of drug-likeness (QED) is 0.810. The molecule has 14 heavy (non-hydrogen) atoms. The second kappa shape index (κ2) is 4.81. The molecule has 1 atom stereocenters. The fourth-order valence-electron chi connectivity index (χ4n) is 1.48. The highest BCUT2D eigenvalue weighted by molar-refractivity contribution is 6.31. The summed E-state index contributed by atoms with van der Waals surface area (Å²) in [6.45, 7) is 6.17. The lowest BCUT2D eigenvalue weighted by atomic mass is 9.99. The molecule has 0 fully saturated rings. The van der Waals surface area contributed by atoms with Crippen LogP contribution in [0.25, 0.3) is 0 Å². The highest BCUT2D eigenvalue weighted by Gasteiger charge is 2.12. The van der Waals surface area contributed by atoms with Gasteiger partial charge in [-0.25, -0.2) is 0 Å². The Kier molecular flexibility index (Phi) is 3.97. The minimum absolute atomic E-state index is 0.442. The van der Waals surface area contributed by atoms with Crippen molar-refractivity contribution in [3.8, 4) is 0 Å². The Hall–Kier alpha value is -0.530. The van der Waals surface area contributed by atoms with E-state index in [4.69, 9.17) is 11.6 Å². The van der Waals surface area contributed by atoms with E-state index in [1.165, 1.54) is 0 Å². The van der Waals surface area contributed by atoms with Crippen molar-refractivity contribution in [1.82, 2.24) is 0 Å². The zero-order chi connectivity index (χ0) is 10.7. The molecular formula is C12H17ClO. The van der Waals surface area contributed by atoms with E-state index in [0.717, 1.165) is 17.5 Å². The van der Waals surface area contributed by atoms with E-state index in [1.54, 1.807) is 0 Å². The lowest BCUT2D eigenvalue weighted by Gasteiger charge is -2.15. The van der Waals surface area contributed by atoms with Gasteiger partial charge in [0.1, 0.15) is 0 Å². The summed E-state index contributed by atoms with van der Waals surface area (Å²) in [6.07, 6.45) is 0.311. The standard InChI is InChI=1S/C12H17ClO/c1-8(2)6-12(14)10-5-4-9(3)7-11(10)13/h4-5,7-8,12,14H,6H2,1-3H3. The Balaban J connectivity index is 2.84. The van der Waals surface area contributed by atoms with Gasteiger partial charge >= 0.3 is 0 Å². The van der Waals surface area contributed by atoms with Crippen LogP contribution in [0.4, 0.5) is 0 Å². The average Bonchev–Trinajstić information content (AvgIpc) is 2.01. The van der Waals surface area contributed by atoms with Gasteiger partial charge in [-0.15, -0.1) is 0 Å². The van der Waals surface area contributed by atoms with Crippen molar-refractivity contribution in [3.05, 3.63) is 34.3 Å². The van der Waals surface area contributed by atoms with Crippen LogP contribution in [0.2, 0.25) is 5.02 Å². The molecule has 0 spiro atoms. The molecule has 0 aliphatic carbocycles. The first-order valence-corrected chi connectivity index (χ1v) is 5.32. The van der Waals surface area contributed by atoms with E-state index in [-0.39, 0.29) is 0 Å². The van der Waals surface area contributed by atoms with Gasteiger partial charge in [0.25, 0.3) is 0 Å². The molecule has 0 radical (unpaired) electrons. The third-order valence-electron chi connectivity index (χ3n) is 2.21. The maximum atomic E-state index is 9.88. The van der Waals surface area contributed by atoms with E-state index >= 15 is 0 Å². The first kappa shape index (κ1) is 11.5. The van der Waals surface area contributed by atoms with Crippen molar-refractivity contribution in [3.63, 3.8) is 0 Å². The summed E-state index contributed by atoms with van der Waals surface area (Å²) in [4.78, 5) is 0. The summed E-state index contributed by atoms with van der Waals surface area (Å²) in [6, 6.07) is 5.77. The summed E-state index contributed by atoms with van der Waals surface area (Å²) >= 11 is 6.05. The smallest absolute Gasteiger partial charge is 0.0806 e. The third-order valence-corrected chi connectivity index (χ3v) is 2.54. The van der Waals surface area contributed by atoms with Gasteiger partial charge in [-0.2, -0.15) is 0 Å². The maximum Gasteiger partial charge on any atom is 0.0806 e. The van der Waals surface area contributed by atoms with Crippen LogP contribution in [0.1, 0.15) is 37.5 Å². The molecule has 1 nitrogen and oxygen atoms in total. The average molecular weight is 213 g/mol. The first-order valence-electron chi connectivity index (χ1n) is 4.95. The molecule has 0 heterocycles. The number of aryl methyl sites for hydroxylation is 1. The topological polar surface area (TPSA) is 20.2 Å². The number of aliphatic hydroxyl groups excluding tert-OH is 1. The van der Waals surface area contributed by atoms with Crippen LogP contribution < -0.4 is 0 Å². The van der Waals surface area contributed by atoms with Crippen molar-refractivity contribution in [2.24, 2.45) is 5.92 Å². The monoisotopic (exact) mass is 212 g/mol. The first-order chi connectivity index (χ1) is 6.50. The molecule has 0 aromatic heterocycles. The molecule has 0 bridgehead atoms. The Morgan fingerprint density at radius 3 is 2.50 bits per heavy atom. The molecule has 0 aliphatic rings. The Morgan fingerprint density at radius 1 is 1.36 bits per heavy atom. The molecule has 0 aliphatic heterocycles. The van der Waals surface area contributed by atoms with Gasteiger partial charge in [-0.3, -0.25) is 0 Å². The fraction of sp³-hybridized carbons (Fsp3) is 0.500. The zero-order valence-electron chi connectivity index (χ0n) is 8.92. The Labute approximate surface area is 90.7 Å². The van der Waals surface area contributed by atoms with E-state index in [2.05, 4.69) is 13.8 Å². The molecule has 2 heteroatoms. The third kappa shape index (κ3) is 3.00. The molecule has 0 saturated carbocycles. The molecule has 1 rings (SSSR count). The molecular weight excluding hydrogens is 196 g/mol. The minimum Gasteiger partial charge on any atom is -0.388 e. The zero-order valence-corrected chi connectivity index (χ0v) is 9.67. The van der Waals surface area contributed by atoms with E-state index in [1.807, 2.05) is 25.1 Å². The number of halogens is 1. The van der Waals surface area contributed by atoms with E-state index in [0.29, 0.717) is 10.9 Å². The summed E-state index contributed by atoms with van der Waals surface area (Å²) in [5.74, 6) is 0.474. The van der Waals surface area contributed by atoms with Gasteiger partial charge in [-0.1, -0.05) is 37.6 Å². The number of benzene rings is 1. The van der Waals surface area contributed by atoms with Gasteiger partial charge in [0.2, 0.25) is 0 Å². The number of aliphatic hydroxyl groups is 1. The van der Waals surface area contributed by atoms with Crippen LogP contribution in [0, 0.1) is 12.8 Å². The van der Waals surface area contributed by atoms with Crippen molar-refractivity contribution in [2.45, 2.75) is 33.3 Å². The van der Waals surface area contributed by atoms with Gasteiger partial charge < -0.3 is 5.11 Å². The molecule has 1 aromatic carbocycles. The summed E-state index contributed by atoms with van der Waals surface area (Å²) in [7, 11) is 0. The molecule has 1 aromatic rings. The van der Waals surface area contributed by atoms with Crippen molar-refractivity contribution in [1.29, 1.82) is 0 Å². The minimum atomic E-state index is -0.442. The molecule has 1 unspecified atom stereocenters. The lowest BCUT2D eigenvalue weighted by Crippen LogP contribution is -2.02. The highest BCUT2D eigenvalue weighted by Crippen LogP contribution is 2.28. The molecule has 0 saturated heterocycles. The fourth-order valence-corrected chi connectivity index (χ4v) is 1.84. The van der Waals surface area contributed by atoms with Crippen molar-refractivity contribution >= 4 is 11.6 Å². The predicted octanol–water partition coefficient (Wildman–Crippen LogP) is 3.73. The predicted molar refractivity (Wildman–Crippen MR) is 60.6 cm³/mol. The molecule has 1 N–H and O–H groups in total.